The van der Waals surface area contributed by atoms with E-state index in [2.05, 4.69) is 21.9 Å². The van der Waals surface area contributed by atoms with E-state index in [-0.39, 0.29) is 6.03 Å². The molecule has 0 saturated carbocycles. The summed E-state index contributed by atoms with van der Waals surface area (Å²) in [7, 11) is 1.30. The Hall–Kier alpha value is -1.82. The summed E-state index contributed by atoms with van der Waals surface area (Å²) in [5.41, 5.74) is 0.443. The molecule has 0 bridgehead atoms. The molecule has 0 aromatic carbocycles. The minimum Gasteiger partial charge on any atom is -0.465 e. The van der Waals surface area contributed by atoms with Crippen molar-refractivity contribution in [3.8, 4) is 0 Å². The summed E-state index contributed by atoms with van der Waals surface area (Å²) in [6.07, 6.45) is 1.56. The maximum absolute atomic E-state index is 11.3. The van der Waals surface area contributed by atoms with Gasteiger partial charge in [-0.15, -0.1) is 17.9 Å². The predicted molar refractivity (Wildman–Crippen MR) is 62.9 cm³/mol. The van der Waals surface area contributed by atoms with Gasteiger partial charge in [-0.3, -0.25) is 0 Å². The minimum absolute atomic E-state index is 0.365. The SMILES string of the molecule is C=CCNC(=O)Nc1ccsc1C(=O)OC. The van der Waals surface area contributed by atoms with E-state index in [1.807, 2.05) is 0 Å². The van der Waals surface area contributed by atoms with Gasteiger partial charge < -0.3 is 15.4 Å². The van der Waals surface area contributed by atoms with Crippen LogP contribution in [0.25, 0.3) is 0 Å². The molecule has 2 N–H and O–H groups in total. The first-order chi connectivity index (χ1) is 7.69. The molecular formula is C10H12N2O3S. The molecule has 1 rings (SSSR count). The number of esters is 1. The lowest BCUT2D eigenvalue weighted by atomic mass is 10.4. The van der Waals surface area contributed by atoms with Crippen molar-refractivity contribution in [1.29, 1.82) is 0 Å². The summed E-state index contributed by atoms with van der Waals surface area (Å²) in [5.74, 6) is -0.464. The lowest BCUT2D eigenvalue weighted by Gasteiger charge is -2.05. The van der Waals surface area contributed by atoms with Gasteiger partial charge in [0.05, 0.1) is 12.8 Å². The van der Waals surface area contributed by atoms with Crippen molar-refractivity contribution in [2.45, 2.75) is 0 Å². The summed E-state index contributed by atoms with van der Waals surface area (Å²) >= 11 is 1.21. The molecule has 1 heterocycles. The zero-order valence-electron chi connectivity index (χ0n) is 8.78. The van der Waals surface area contributed by atoms with E-state index >= 15 is 0 Å². The Balaban J connectivity index is 2.66. The van der Waals surface area contributed by atoms with Crippen LogP contribution in [0.4, 0.5) is 10.5 Å². The smallest absolute Gasteiger partial charge is 0.350 e. The fraction of sp³-hybridized carbons (Fsp3) is 0.200. The Morgan fingerprint density at radius 3 is 3.00 bits per heavy atom. The first kappa shape index (κ1) is 12.3. The number of amides is 2. The van der Waals surface area contributed by atoms with E-state index in [1.54, 1.807) is 17.5 Å². The highest BCUT2D eigenvalue weighted by Crippen LogP contribution is 2.22. The van der Waals surface area contributed by atoms with Crippen LogP contribution in [-0.2, 0) is 4.74 Å². The van der Waals surface area contributed by atoms with Crippen molar-refractivity contribution in [1.82, 2.24) is 5.32 Å². The molecule has 1 aromatic heterocycles. The molecule has 0 aliphatic rings. The highest BCUT2D eigenvalue weighted by molar-refractivity contribution is 7.12. The molecule has 16 heavy (non-hydrogen) atoms. The quantitative estimate of drug-likeness (QED) is 0.623. The first-order valence-corrected chi connectivity index (χ1v) is 5.38. The van der Waals surface area contributed by atoms with Gasteiger partial charge in [0.15, 0.2) is 0 Å². The molecule has 6 heteroatoms. The van der Waals surface area contributed by atoms with E-state index in [0.29, 0.717) is 17.1 Å². The van der Waals surface area contributed by atoms with Crippen molar-refractivity contribution >= 4 is 29.0 Å². The lowest BCUT2D eigenvalue weighted by Crippen LogP contribution is -2.29. The number of hydrogen-bond acceptors (Lipinski definition) is 4. The summed E-state index contributed by atoms with van der Waals surface area (Å²) in [6.45, 7) is 3.84. The van der Waals surface area contributed by atoms with Crippen molar-refractivity contribution < 1.29 is 14.3 Å². The molecule has 2 amide bonds. The summed E-state index contributed by atoms with van der Waals surface area (Å²) in [5, 5.41) is 6.80. The molecule has 0 unspecified atom stereocenters. The zero-order valence-corrected chi connectivity index (χ0v) is 9.60. The Bertz CT molecular complexity index is 401. The zero-order chi connectivity index (χ0) is 12.0. The van der Waals surface area contributed by atoms with Crippen molar-refractivity contribution in [2.24, 2.45) is 0 Å². The predicted octanol–water partition coefficient (Wildman–Crippen LogP) is 1.84. The van der Waals surface area contributed by atoms with Crippen LogP contribution in [0.15, 0.2) is 24.1 Å². The van der Waals surface area contributed by atoms with Crippen molar-refractivity contribution in [2.75, 3.05) is 19.0 Å². The van der Waals surface area contributed by atoms with Crippen molar-refractivity contribution in [3.63, 3.8) is 0 Å². The number of urea groups is 1. The Labute approximate surface area is 97.1 Å². The first-order valence-electron chi connectivity index (χ1n) is 4.50. The van der Waals surface area contributed by atoms with Crippen LogP contribution in [0.5, 0.6) is 0 Å². The van der Waals surface area contributed by atoms with Gasteiger partial charge in [-0.1, -0.05) is 6.08 Å². The Morgan fingerprint density at radius 1 is 1.62 bits per heavy atom. The molecule has 0 saturated heterocycles. The van der Waals surface area contributed by atoms with Crippen LogP contribution in [0.1, 0.15) is 9.67 Å². The van der Waals surface area contributed by atoms with Gasteiger partial charge in [0, 0.05) is 6.54 Å². The van der Waals surface area contributed by atoms with Gasteiger partial charge >= 0.3 is 12.0 Å². The van der Waals surface area contributed by atoms with Crippen LogP contribution in [0.2, 0.25) is 0 Å². The largest absolute Gasteiger partial charge is 0.465 e. The van der Waals surface area contributed by atoms with Crippen LogP contribution in [0.3, 0.4) is 0 Å². The van der Waals surface area contributed by atoms with Gasteiger partial charge in [0.25, 0.3) is 0 Å². The number of hydrogen-bond donors (Lipinski definition) is 2. The summed E-state index contributed by atoms with van der Waals surface area (Å²) < 4.78 is 4.58. The number of methoxy groups -OCH3 is 1. The third kappa shape index (κ3) is 3.09. The average molecular weight is 240 g/mol. The molecule has 0 aliphatic heterocycles. The van der Waals surface area contributed by atoms with E-state index in [0.717, 1.165) is 0 Å². The highest BCUT2D eigenvalue weighted by Gasteiger charge is 2.14. The Kier molecular flexibility index (Phi) is 4.53. The summed E-state index contributed by atoms with van der Waals surface area (Å²) in [4.78, 5) is 23.0. The molecular weight excluding hydrogens is 228 g/mol. The second-order valence-corrected chi connectivity index (χ2v) is 3.69. The van der Waals surface area contributed by atoms with Gasteiger partial charge in [0.1, 0.15) is 4.88 Å². The average Bonchev–Trinajstić information content (AvgIpc) is 2.73. The molecule has 0 spiro atoms. The van der Waals surface area contributed by atoms with Crippen molar-refractivity contribution in [3.05, 3.63) is 29.0 Å². The van der Waals surface area contributed by atoms with E-state index in [9.17, 15) is 9.59 Å². The van der Waals surface area contributed by atoms with Crippen LogP contribution >= 0.6 is 11.3 Å². The standard InChI is InChI=1S/C10H12N2O3S/c1-3-5-11-10(14)12-7-4-6-16-8(7)9(13)15-2/h3-4,6H,1,5H2,2H3,(H2,11,12,14). The number of nitrogens with one attached hydrogen (secondary N) is 2. The molecule has 0 fully saturated rings. The number of thiophene rings is 1. The number of carbonyl (C=O) groups is 2. The monoisotopic (exact) mass is 240 g/mol. The molecule has 0 aliphatic carbocycles. The molecule has 0 atom stereocenters. The third-order valence-corrected chi connectivity index (χ3v) is 2.59. The Morgan fingerprint density at radius 2 is 2.38 bits per heavy atom. The second-order valence-electron chi connectivity index (χ2n) is 2.78. The minimum atomic E-state index is -0.464. The maximum atomic E-state index is 11.3. The molecule has 0 radical (unpaired) electrons. The van der Waals surface area contributed by atoms with Crippen LogP contribution < -0.4 is 10.6 Å². The molecule has 86 valence electrons. The molecule has 1 aromatic rings. The maximum Gasteiger partial charge on any atom is 0.350 e. The fourth-order valence-electron chi connectivity index (χ4n) is 0.990. The normalized spacial score (nSPS) is 9.31. The second kappa shape index (κ2) is 5.92. The highest BCUT2D eigenvalue weighted by atomic mass is 32.1. The topological polar surface area (TPSA) is 67.4 Å². The lowest BCUT2D eigenvalue weighted by molar-refractivity contribution is 0.0607. The number of rotatable bonds is 4. The van der Waals surface area contributed by atoms with Crippen LogP contribution in [0, 0.1) is 0 Å². The third-order valence-electron chi connectivity index (χ3n) is 1.69. The van der Waals surface area contributed by atoms with Gasteiger partial charge in [-0.25, -0.2) is 9.59 Å². The van der Waals surface area contributed by atoms with E-state index in [4.69, 9.17) is 0 Å². The van der Waals surface area contributed by atoms with E-state index < -0.39 is 5.97 Å². The fourth-order valence-corrected chi connectivity index (χ4v) is 1.76. The van der Waals surface area contributed by atoms with Gasteiger partial charge in [-0.05, 0) is 11.4 Å². The number of anilines is 1. The summed E-state index contributed by atoms with van der Waals surface area (Å²) in [6, 6.07) is 1.26. The van der Waals surface area contributed by atoms with E-state index in [1.165, 1.54) is 18.4 Å². The van der Waals surface area contributed by atoms with Gasteiger partial charge in [-0.2, -0.15) is 0 Å². The number of carbonyl (C=O) groups excluding carboxylic acids is 2. The van der Waals surface area contributed by atoms with Crippen LogP contribution in [-0.4, -0.2) is 25.7 Å². The molecule has 5 nitrogen and oxygen atoms in total. The van der Waals surface area contributed by atoms with Gasteiger partial charge in [0.2, 0.25) is 0 Å². The number of ether oxygens (including phenoxy) is 1.